The Bertz CT molecular complexity index is 925. The fourth-order valence-corrected chi connectivity index (χ4v) is 4.49. The third kappa shape index (κ3) is 4.00. The average Bonchev–Trinajstić information content (AvgIpc) is 2.70. The molecule has 1 atom stereocenters. The number of nitrogens with zero attached hydrogens (tertiary/aromatic N) is 1. The number of halogens is 1. The van der Waals surface area contributed by atoms with E-state index in [0.29, 0.717) is 11.4 Å². The second kappa shape index (κ2) is 7.76. The number of nitrogens with one attached hydrogen (secondary N) is 1. The number of hydrogen-bond acceptors (Lipinski definition) is 5. The molecular formula is C22H25ClN2O4. The number of benzene rings is 2. The van der Waals surface area contributed by atoms with E-state index in [0.717, 1.165) is 37.6 Å². The molecule has 0 radical (unpaired) electrons. The zero-order valence-corrected chi connectivity index (χ0v) is 17.3. The zero-order valence-electron chi connectivity index (χ0n) is 16.6. The molecule has 1 unspecified atom stereocenters. The smallest absolute Gasteiger partial charge is 0.449 e. The Morgan fingerprint density at radius 1 is 1.28 bits per heavy atom. The van der Waals surface area contributed by atoms with Crippen molar-refractivity contribution in [1.82, 2.24) is 0 Å². The predicted octanol–water partition coefficient (Wildman–Crippen LogP) is 4.97. The first-order chi connectivity index (χ1) is 13.8. The number of carboxylic acid groups (broad SMARTS) is 1. The summed E-state index contributed by atoms with van der Waals surface area (Å²) < 4.78 is 10.5. The van der Waals surface area contributed by atoms with Crippen molar-refractivity contribution in [2.75, 3.05) is 36.5 Å². The molecule has 29 heavy (non-hydrogen) atoms. The second-order valence-corrected chi connectivity index (χ2v) is 8.61. The van der Waals surface area contributed by atoms with Gasteiger partial charge in [0.25, 0.3) is 0 Å². The molecule has 2 heterocycles. The van der Waals surface area contributed by atoms with Gasteiger partial charge < -0.3 is 24.8 Å². The third-order valence-electron chi connectivity index (χ3n) is 5.70. The quantitative estimate of drug-likeness (QED) is 0.543. The Morgan fingerprint density at radius 2 is 2.03 bits per heavy atom. The van der Waals surface area contributed by atoms with E-state index in [-0.39, 0.29) is 17.2 Å². The molecule has 2 aromatic rings. The van der Waals surface area contributed by atoms with Gasteiger partial charge in [0.2, 0.25) is 0 Å². The van der Waals surface area contributed by atoms with Crippen LogP contribution in [0, 0.1) is 5.41 Å². The lowest BCUT2D eigenvalue weighted by molar-refractivity contribution is 0.122. The van der Waals surface area contributed by atoms with Crippen LogP contribution in [0.15, 0.2) is 36.4 Å². The van der Waals surface area contributed by atoms with Gasteiger partial charge in [0.15, 0.2) is 5.75 Å². The van der Waals surface area contributed by atoms with E-state index in [1.54, 1.807) is 6.07 Å². The van der Waals surface area contributed by atoms with E-state index in [9.17, 15) is 4.79 Å². The number of carbonyl (C=O) groups is 1. The summed E-state index contributed by atoms with van der Waals surface area (Å²) in [6.45, 7) is 7.61. The first-order valence-corrected chi connectivity index (χ1v) is 10.1. The fraction of sp³-hybridized carbons (Fsp3) is 0.409. The van der Waals surface area contributed by atoms with Gasteiger partial charge in [0, 0.05) is 30.0 Å². The van der Waals surface area contributed by atoms with E-state index in [1.165, 1.54) is 11.3 Å². The molecule has 1 saturated heterocycles. The molecule has 2 aromatic carbocycles. The lowest BCUT2D eigenvalue weighted by Crippen LogP contribution is -2.37. The highest BCUT2D eigenvalue weighted by Crippen LogP contribution is 2.49. The minimum atomic E-state index is -1.36. The maximum atomic E-state index is 11.1. The molecular weight excluding hydrogens is 392 g/mol. The molecule has 1 fully saturated rings. The minimum Gasteiger partial charge on any atom is -0.449 e. The summed E-state index contributed by atoms with van der Waals surface area (Å²) in [6, 6.07) is 12.2. The van der Waals surface area contributed by atoms with Gasteiger partial charge in [-0.2, -0.15) is 0 Å². The maximum Gasteiger partial charge on any atom is 0.511 e. The Labute approximate surface area is 175 Å². The van der Waals surface area contributed by atoms with Crippen LogP contribution in [0.2, 0.25) is 5.02 Å². The number of fused-ring (bicyclic) bond motifs is 1. The largest absolute Gasteiger partial charge is 0.511 e. The van der Waals surface area contributed by atoms with Gasteiger partial charge in [-0.3, -0.25) is 0 Å². The molecule has 0 bridgehead atoms. The first-order valence-electron chi connectivity index (χ1n) is 9.76. The first kappa shape index (κ1) is 19.9. The molecule has 7 heteroatoms. The Kier molecular flexibility index (Phi) is 5.32. The molecule has 2 aliphatic rings. The molecule has 154 valence electrons. The topological polar surface area (TPSA) is 71.0 Å². The average molecular weight is 417 g/mol. The number of morpholine rings is 1. The summed E-state index contributed by atoms with van der Waals surface area (Å²) in [6.07, 6.45) is -0.719. The van der Waals surface area contributed by atoms with E-state index in [4.69, 9.17) is 26.2 Å². The normalized spacial score (nSPS) is 20.5. The van der Waals surface area contributed by atoms with Gasteiger partial charge in [-0.1, -0.05) is 37.6 Å². The van der Waals surface area contributed by atoms with Crippen LogP contribution in [0.1, 0.15) is 31.0 Å². The highest BCUT2D eigenvalue weighted by molar-refractivity contribution is 6.32. The van der Waals surface area contributed by atoms with Crippen molar-refractivity contribution < 1.29 is 19.4 Å². The van der Waals surface area contributed by atoms with Gasteiger partial charge in [-0.15, -0.1) is 0 Å². The second-order valence-electron chi connectivity index (χ2n) is 8.21. The molecule has 4 rings (SSSR count). The Morgan fingerprint density at radius 3 is 2.76 bits per heavy atom. The Balaban J connectivity index is 1.68. The van der Waals surface area contributed by atoms with Crippen molar-refractivity contribution >= 4 is 29.1 Å². The van der Waals surface area contributed by atoms with Crippen LogP contribution in [0.25, 0.3) is 0 Å². The van der Waals surface area contributed by atoms with Gasteiger partial charge in [-0.05, 0) is 41.7 Å². The molecule has 0 spiro atoms. The number of ether oxygens (including phenoxy) is 2. The van der Waals surface area contributed by atoms with Crippen molar-refractivity contribution in [1.29, 1.82) is 0 Å². The maximum absolute atomic E-state index is 11.1. The third-order valence-corrected chi connectivity index (χ3v) is 5.99. The number of anilines is 2. The van der Waals surface area contributed by atoms with Crippen LogP contribution in [0.3, 0.4) is 0 Å². The summed E-state index contributed by atoms with van der Waals surface area (Å²) in [4.78, 5) is 13.5. The molecule has 6 nitrogen and oxygen atoms in total. The van der Waals surface area contributed by atoms with Gasteiger partial charge in [-0.25, -0.2) is 4.79 Å². The number of hydrogen-bond donors (Lipinski definition) is 2. The van der Waals surface area contributed by atoms with Gasteiger partial charge in [0.05, 0.1) is 24.3 Å². The summed E-state index contributed by atoms with van der Waals surface area (Å²) in [5.74, 6) is 0.220. The van der Waals surface area contributed by atoms with Crippen LogP contribution in [0.5, 0.6) is 5.75 Å². The van der Waals surface area contributed by atoms with Gasteiger partial charge in [0.1, 0.15) is 0 Å². The van der Waals surface area contributed by atoms with Gasteiger partial charge >= 0.3 is 6.16 Å². The summed E-state index contributed by atoms with van der Waals surface area (Å²) in [5, 5.41) is 13.0. The minimum absolute atomic E-state index is 0.0647. The fourth-order valence-electron chi connectivity index (χ4n) is 4.27. The Hall–Kier alpha value is -2.44. The van der Waals surface area contributed by atoms with E-state index in [1.807, 2.05) is 6.07 Å². The van der Waals surface area contributed by atoms with E-state index < -0.39 is 6.16 Å². The monoisotopic (exact) mass is 416 g/mol. The highest BCUT2D eigenvalue weighted by atomic mass is 35.5. The molecule has 2 N–H and O–H groups in total. The van der Waals surface area contributed by atoms with Crippen LogP contribution in [-0.4, -0.2) is 37.6 Å². The lowest BCUT2D eigenvalue weighted by Gasteiger charge is -2.42. The zero-order chi connectivity index (χ0) is 20.6. The summed E-state index contributed by atoms with van der Waals surface area (Å²) in [5.41, 5.74) is 3.86. The van der Waals surface area contributed by atoms with Crippen molar-refractivity contribution in [3.05, 3.63) is 52.5 Å². The van der Waals surface area contributed by atoms with Crippen molar-refractivity contribution in [3.8, 4) is 5.75 Å². The van der Waals surface area contributed by atoms with Crippen LogP contribution >= 0.6 is 11.6 Å². The van der Waals surface area contributed by atoms with Crippen molar-refractivity contribution in [2.45, 2.75) is 26.3 Å². The molecule has 0 aliphatic carbocycles. The lowest BCUT2D eigenvalue weighted by atomic mass is 9.72. The van der Waals surface area contributed by atoms with Crippen LogP contribution < -0.4 is 15.0 Å². The predicted molar refractivity (Wildman–Crippen MR) is 113 cm³/mol. The van der Waals surface area contributed by atoms with Crippen LogP contribution in [0.4, 0.5) is 16.2 Å². The van der Waals surface area contributed by atoms with Crippen molar-refractivity contribution in [2.24, 2.45) is 5.41 Å². The summed E-state index contributed by atoms with van der Waals surface area (Å²) >= 11 is 6.23. The molecule has 0 amide bonds. The number of rotatable bonds is 3. The van der Waals surface area contributed by atoms with E-state index in [2.05, 4.69) is 48.3 Å². The molecule has 0 saturated carbocycles. The van der Waals surface area contributed by atoms with Crippen LogP contribution in [-0.2, 0) is 11.2 Å². The summed E-state index contributed by atoms with van der Waals surface area (Å²) in [7, 11) is 0. The molecule has 2 aliphatic heterocycles. The SMILES string of the molecule is CC1(C)Cc2c(ccc(Cl)c2OC(=O)O)NC1c1cccc(N2CCOCC2)c1. The van der Waals surface area contributed by atoms with Crippen molar-refractivity contribution in [3.63, 3.8) is 0 Å². The standard InChI is InChI=1S/C22H25ClN2O4/c1-22(2)13-16-18(7-6-17(23)19(16)29-21(26)27)24-20(22)14-4-3-5-15(12-14)25-8-10-28-11-9-25/h3-7,12,20,24H,8-11,13H2,1-2H3,(H,26,27). The van der Waals surface area contributed by atoms with E-state index >= 15 is 0 Å². The highest BCUT2D eigenvalue weighted by Gasteiger charge is 2.38. The molecule has 0 aromatic heterocycles.